The number of hydrogen-bond donors (Lipinski definition) is 1. The van der Waals surface area contributed by atoms with E-state index in [0.717, 1.165) is 12.8 Å². The molecule has 0 aromatic carbocycles. The quantitative estimate of drug-likeness (QED) is 0.410. The third kappa shape index (κ3) is 3.75. The second kappa shape index (κ2) is 4.08. The van der Waals surface area contributed by atoms with Crippen LogP contribution < -0.4 is 0 Å². The average molecular weight is 114 g/mol. The minimum absolute atomic E-state index is 0.171. The first-order chi connectivity index (χ1) is 3.31. The summed E-state index contributed by atoms with van der Waals surface area (Å²) in [5, 5.41) is 0.171. The molecule has 0 aliphatic rings. The summed E-state index contributed by atoms with van der Waals surface area (Å²) in [5.74, 6) is 2.53. The van der Waals surface area contributed by atoms with Crippen LogP contribution in [0.4, 0.5) is 0 Å². The van der Waals surface area contributed by atoms with Gasteiger partial charge in [0, 0.05) is 0 Å². The van der Waals surface area contributed by atoms with Gasteiger partial charge in [-0.2, -0.15) is 12.6 Å². The molecule has 0 rings (SSSR count). The molecular weight excluding hydrogens is 104 g/mol. The molecule has 1 atom stereocenters. The van der Waals surface area contributed by atoms with Crippen LogP contribution in [0.25, 0.3) is 0 Å². The summed E-state index contributed by atoms with van der Waals surface area (Å²) < 4.78 is 0. The van der Waals surface area contributed by atoms with Gasteiger partial charge in [0.05, 0.1) is 5.25 Å². The summed E-state index contributed by atoms with van der Waals surface area (Å²) in [6, 6.07) is 0. The minimum Gasteiger partial charge on any atom is -0.163 e. The maximum absolute atomic E-state index is 5.03. The van der Waals surface area contributed by atoms with Gasteiger partial charge in [0.15, 0.2) is 0 Å². The Bertz CT molecular complexity index is 70.7. The van der Waals surface area contributed by atoms with Crippen molar-refractivity contribution in [3.63, 3.8) is 0 Å². The second-order valence-corrected chi connectivity index (χ2v) is 2.09. The molecule has 7 heavy (non-hydrogen) atoms. The Morgan fingerprint density at radius 3 is 2.57 bits per heavy atom. The lowest BCUT2D eigenvalue weighted by Gasteiger charge is -1.94. The first-order valence-corrected chi connectivity index (χ1v) is 2.97. The normalized spacial score (nSPS) is 12.7. The second-order valence-electron chi connectivity index (χ2n) is 1.47. The van der Waals surface area contributed by atoms with Crippen molar-refractivity contribution in [2.75, 3.05) is 0 Å². The van der Waals surface area contributed by atoms with Gasteiger partial charge in [-0.05, 0) is 6.42 Å². The fraction of sp³-hybridized carbons (Fsp3) is 0.667. The molecule has 0 N–H and O–H groups in total. The molecule has 0 aromatic heterocycles. The molecule has 0 radical (unpaired) electrons. The number of thiol groups is 1. The van der Waals surface area contributed by atoms with Crippen LogP contribution in [0, 0.1) is 12.3 Å². The fourth-order valence-corrected chi connectivity index (χ4v) is 0.615. The SMILES string of the molecule is C#CC(S)CCC. The summed E-state index contributed by atoms with van der Waals surface area (Å²) in [7, 11) is 0. The van der Waals surface area contributed by atoms with Gasteiger partial charge in [-0.15, -0.1) is 6.42 Å². The van der Waals surface area contributed by atoms with Crippen LogP contribution in [0.3, 0.4) is 0 Å². The highest BCUT2D eigenvalue weighted by atomic mass is 32.1. The van der Waals surface area contributed by atoms with Crippen molar-refractivity contribution in [3.8, 4) is 12.3 Å². The molecule has 0 aliphatic heterocycles. The van der Waals surface area contributed by atoms with Crippen LogP contribution in [0.5, 0.6) is 0 Å². The Balaban J connectivity index is 3.04. The summed E-state index contributed by atoms with van der Waals surface area (Å²) in [6.45, 7) is 2.10. The highest BCUT2D eigenvalue weighted by Crippen LogP contribution is 2.00. The van der Waals surface area contributed by atoms with Gasteiger partial charge in [-0.3, -0.25) is 0 Å². The zero-order valence-corrected chi connectivity index (χ0v) is 5.41. The predicted molar refractivity (Wildman–Crippen MR) is 36.5 cm³/mol. The fourth-order valence-electron chi connectivity index (χ4n) is 0.357. The van der Waals surface area contributed by atoms with Gasteiger partial charge in [-0.1, -0.05) is 19.3 Å². The zero-order chi connectivity index (χ0) is 5.70. The molecule has 0 bridgehead atoms. The van der Waals surface area contributed by atoms with Gasteiger partial charge in [0.1, 0.15) is 0 Å². The molecule has 0 amide bonds. The lowest BCUT2D eigenvalue weighted by Crippen LogP contribution is -1.89. The van der Waals surface area contributed by atoms with Gasteiger partial charge in [0.25, 0.3) is 0 Å². The van der Waals surface area contributed by atoms with E-state index < -0.39 is 0 Å². The maximum atomic E-state index is 5.03. The van der Waals surface area contributed by atoms with E-state index in [1.54, 1.807) is 0 Å². The lowest BCUT2D eigenvalue weighted by molar-refractivity contribution is 0.844. The van der Waals surface area contributed by atoms with Crippen LogP contribution in [0.15, 0.2) is 0 Å². The minimum atomic E-state index is 0.171. The van der Waals surface area contributed by atoms with Crippen LogP contribution in [-0.2, 0) is 0 Å². The number of hydrogen-bond acceptors (Lipinski definition) is 1. The topological polar surface area (TPSA) is 0 Å². The van der Waals surface area contributed by atoms with Crippen LogP contribution in [-0.4, -0.2) is 5.25 Å². The molecule has 0 aliphatic carbocycles. The van der Waals surface area contributed by atoms with Crippen LogP contribution >= 0.6 is 12.6 Å². The van der Waals surface area contributed by atoms with Crippen molar-refractivity contribution in [3.05, 3.63) is 0 Å². The van der Waals surface area contributed by atoms with Crippen LogP contribution in [0.1, 0.15) is 19.8 Å². The highest BCUT2D eigenvalue weighted by Gasteiger charge is 1.90. The molecule has 1 unspecified atom stereocenters. The van der Waals surface area contributed by atoms with E-state index in [1.165, 1.54) is 0 Å². The van der Waals surface area contributed by atoms with Gasteiger partial charge >= 0.3 is 0 Å². The third-order valence-electron chi connectivity index (χ3n) is 0.754. The molecule has 0 saturated heterocycles. The Morgan fingerprint density at radius 2 is 2.43 bits per heavy atom. The van der Waals surface area contributed by atoms with Crippen molar-refractivity contribution in [2.24, 2.45) is 0 Å². The van der Waals surface area contributed by atoms with Crippen molar-refractivity contribution >= 4 is 12.6 Å². The Labute approximate surface area is 50.7 Å². The van der Waals surface area contributed by atoms with Gasteiger partial charge in [-0.25, -0.2) is 0 Å². The lowest BCUT2D eigenvalue weighted by atomic mass is 10.2. The molecule has 0 aromatic rings. The molecule has 0 fully saturated rings. The van der Waals surface area contributed by atoms with Gasteiger partial charge in [0.2, 0.25) is 0 Å². The standard InChI is InChI=1S/C6H10S/c1-3-5-6(7)4-2/h2,6-7H,3,5H2,1H3. The van der Waals surface area contributed by atoms with E-state index in [1.807, 2.05) is 0 Å². The first kappa shape index (κ1) is 6.91. The summed E-state index contributed by atoms with van der Waals surface area (Å²) >= 11 is 4.07. The third-order valence-corrected chi connectivity index (χ3v) is 1.16. The van der Waals surface area contributed by atoms with Crippen molar-refractivity contribution < 1.29 is 0 Å². The van der Waals surface area contributed by atoms with Crippen molar-refractivity contribution in [1.82, 2.24) is 0 Å². The Kier molecular flexibility index (Phi) is 4.03. The molecule has 0 heterocycles. The molecular formula is C6H10S. The van der Waals surface area contributed by atoms with E-state index in [-0.39, 0.29) is 5.25 Å². The average Bonchev–Trinajstić information content (AvgIpc) is 1.68. The van der Waals surface area contributed by atoms with Crippen molar-refractivity contribution in [2.45, 2.75) is 25.0 Å². The smallest absolute Gasteiger partial charge is 0.0624 e. The largest absolute Gasteiger partial charge is 0.163 e. The molecule has 40 valence electrons. The van der Waals surface area contributed by atoms with E-state index in [2.05, 4.69) is 25.5 Å². The Morgan fingerprint density at radius 1 is 1.86 bits per heavy atom. The van der Waals surface area contributed by atoms with Crippen LogP contribution in [0.2, 0.25) is 0 Å². The molecule has 0 nitrogen and oxygen atoms in total. The summed E-state index contributed by atoms with van der Waals surface area (Å²) in [6.07, 6.45) is 7.18. The van der Waals surface area contributed by atoms with E-state index >= 15 is 0 Å². The number of terminal acetylenes is 1. The number of rotatable bonds is 2. The van der Waals surface area contributed by atoms with Gasteiger partial charge < -0.3 is 0 Å². The molecule has 0 saturated carbocycles. The zero-order valence-electron chi connectivity index (χ0n) is 4.52. The molecule has 0 spiro atoms. The van der Waals surface area contributed by atoms with Crippen molar-refractivity contribution in [1.29, 1.82) is 0 Å². The Hall–Kier alpha value is -0.0900. The highest BCUT2D eigenvalue weighted by molar-refractivity contribution is 7.81. The summed E-state index contributed by atoms with van der Waals surface area (Å²) in [5.41, 5.74) is 0. The summed E-state index contributed by atoms with van der Waals surface area (Å²) in [4.78, 5) is 0. The van der Waals surface area contributed by atoms with E-state index in [4.69, 9.17) is 6.42 Å². The first-order valence-electron chi connectivity index (χ1n) is 2.45. The maximum Gasteiger partial charge on any atom is 0.0624 e. The van der Waals surface area contributed by atoms with E-state index in [0.29, 0.717) is 0 Å². The van der Waals surface area contributed by atoms with E-state index in [9.17, 15) is 0 Å². The monoisotopic (exact) mass is 114 g/mol. The predicted octanol–water partition coefficient (Wildman–Crippen LogP) is 1.72. The molecule has 1 heteroatoms.